The van der Waals surface area contributed by atoms with E-state index in [1.165, 1.54) is 0 Å². The van der Waals surface area contributed by atoms with Crippen molar-refractivity contribution < 1.29 is 32.4 Å². The van der Waals surface area contributed by atoms with Gasteiger partial charge in [0.15, 0.2) is 0 Å². The van der Waals surface area contributed by atoms with Gasteiger partial charge in [-0.25, -0.2) is 9.59 Å². The van der Waals surface area contributed by atoms with Gasteiger partial charge in [-0.3, -0.25) is 9.59 Å². The van der Waals surface area contributed by atoms with Gasteiger partial charge in [0.2, 0.25) is 0 Å². The molecule has 0 fully saturated rings. The predicted octanol–water partition coefficient (Wildman–Crippen LogP) is 1.66. The maximum atomic E-state index is 10.5. The normalized spacial score (nSPS) is 8.29. The van der Waals surface area contributed by atoms with Crippen molar-refractivity contribution in [2.75, 3.05) is 6.61 Å². The van der Waals surface area contributed by atoms with Gasteiger partial charge in [0.25, 0.3) is 0 Å². The molecule has 136 valence electrons. The summed E-state index contributed by atoms with van der Waals surface area (Å²) in [5.41, 5.74) is 0. The van der Waals surface area contributed by atoms with Gasteiger partial charge in [0.05, 0.1) is 0 Å². The molecule has 0 amide bonds. The van der Waals surface area contributed by atoms with Crippen molar-refractivity contribution in [3.05, 3.63) is 25.3 Å². The van der Waals surface area contributed by atoms with Crippen LogP contribution in [-0.4, -0.2) is 47.1 Å². The van der Waals surface area contributed by atoms with Crippen LogP contribution in [0.2, 0.25) is 0 Å². The molecule has 0 saturated heterocycles. The molecule has 0 aliphatic rings. The van der Waals surface area contributed by atoms with E-state index >= 15 is 0 Å². The van der Waals surface area contributed by atoms with E-state index in [1.807, 2.05) is 20.8 Å². The number of carbonyl (C=O) groups excluding carboxylic acids is 4. The third-order valence-corrected chi connectivity index (χ3v) is 2.54. The Labute approximate surface area is 151 Å². The number of ether oxygens (including phenoxy) is 2. The summed E-state index contributed by atoms with van der Waals surface area (Å²) in [5, 5.41) is 0. The van der Waals surface area contributed by atoms with Crippen LogP contribution in [0.4, 0.5) is 0 Å². The standard InChI is InChI=1S/2C7H10O3.C2H5O.Al.2H/c2*1-3-5-7(9)10-6(8)4-2;1-2-3;;;/h2*4H,2-3,5H2,1H3;2H2,1H3;;;/q;;-1;+1;;. The maximum Gasteiger partial charge on any atom is 0.410 e. The smallest absolute Gasteiger partial charge is 0.410 e. The molecule has 0 spiro atoms. The molecule has 0 aromatic carbocycles. The van der Waals surface area contributed by atoms with Gasteiger partial charge in [-0.2, -0.15) is 0 Å². The summed E-state index contributed by atoms with van der Waals surface area (Å²) < 4.78 is 13.2. The van der Waals surface area contributed by atoms with Crippen molar-refractivity contribution >= 4 is 40.5 Å². The van der Waals surface area contributed by atoms with E-state index in [2.05, 4.69) is 26.4 Å². The van der Waals surface area contributed by atoms with Gasteiger partial charge in [-0.1, -0.05) is 27.0 Å². The zero-order valence-electron chi connectivity index (χ0n) is 15.0. The summed E-state index contributed by atoms with van der Waals surface area (Å²) >= 11 is 0.890. The second-order valence-electron chi connectivity index (χ2n) is 4.07. The van der Waals surface area contributed by atoms with Crippen LogP contribution in [0.1, 0.15) is 46.5 Å². The monoisotopic (exact) mass is 358 g/mol. The molecule has 24 heavy (non-hydrogen) atoms. The van der Waals surface area contributed by atoms with E-state index in [-0.39, 0.29) is 12.8 Å². The Morgan fingerprint density at radius 3 is 1.29 bits per heavy atom. The lowest BCUT2D eigenvalue weighted by Gasteiger charge is -1.95. The van der Waals surface area contributed by atoms with Crippen LogP contribution in [0.5, 0.6) is 0 Å². The van der Waals surface area contributed by atoms with Crippen LogP contribution in [-0.2, 0) is 32.4 Å². The topological polar surface area (TPSA) is 96.0 Å². The van der Waals surface area contributed by atoms with E-state index < -0.39 is 23.9 Å². The molecule has 0 radical (unpaired) electrons. The Morgan fingerprint density at radius 1 is 0.833 bits per heavy atom. The highest BCUT2D eigenvalue weighted by molar-refractivity contribution is 5.97. The second kappa shape index (κ2) is 21.3. The Balaban J connectivity index is -0.000000301. The summed E-state index contributed by atoms with van der Waals surface area (Å²) in [4.78, 5) is 41.7. The molecule has 0 unspecified atom stereocenters. The van der Waals surface area contributed by atoms with Crippen LogP contribution in [0.25, 0.3) is 0 Å². The zero-order chi connectivity index (χ0) is 19.4. The minimum Gasteiger partial charge on any atom is -0.506 e. The summed E-state index contributed by atoms with van der Waals surface area (Å²) in [6.45, 7) is 12.8. The Bertz CT molecular complexity index is 367. The average molecular weight is 358 g/mol. The average Bonchev–Trinajstić information content (AvgIpc) is 2.55. The van der Waals surface area contributed by atoms with Crippen molar-refractivity contribution in [1.29, 1.82) is 0 Å². The number of esters is 4. The highest BCUT2D eigenvalue weighted by Gasteiger charge is 2.04. The van der Waals surface area contributed by atoms with Crippen molar-refractivity contribution in [3.63, 3.8) is 0 Å². The summed E-state index contributed by atoms with van der Waals surface area (Å²) in [6.07, 6.45) is 3.85. The third-order valence-electron chi connectivity index (χ3n) is 1.96. The first-order chi connectivity index (χ1) is 11.3. The third kappa shape index (κ3) is 25.2. The highest BCUT2D eigenvalue weighted by atomic mass is 27.1. The van der Waals surface area contributed by atoms with Crippen LogP contribution in [0.3, 0.4) is 0 Å². The van der Waals surface area contributed by atoms with Crippen LogP contribution in [0, 0.1) is 0 Å². The lowest BCUT2D eigenvalue weighted by atomic mass is 10.3. The molecule has 0 heterocycles. The molecule has 0 rings (SSSR count). The number of hydrogen-bond acceptors (Lipinski definition) is 7. The summed E-state index contributed by atoms with van der Waals surface area (Å²) in [7, 11) is 0. The molecule has 0 saturated carbocycles. The second-order valence-corrected chi connectivity index (χ2v) is 4.65. The predicted molar refractivity (Wildman–Crippen MR) is 92.6 cm³/mol. The van der Waals surface area contributed by atoms with E-state index in [4.69, 9.17) is 0 Å². The van der Waals surface area contributed by atoms with Gasteiger partial charge in [0.1, 0.15) is 0 Å². The lowest BCUT2D eigenvalue weighted by Crippen LogP contribution is -2.08. The maximum absolute atomic E-state index is 10.5. The zero-order valence-corrected chi connectivity index (χ0v) is 17.0. The highest BCUT2D eigenvalue weighted by Crippen LogP contribution is 1.92. The van der Waals surface area contributed by atoms with Crippen molar-refractivity contribution in [2.45, 2.75) is 46.5 Å². The van der Waals surface area contributed by atoms with Gasteiger partial charge in [-0.15, -0.1) is 0 Å². The van der Waals surface area contributed by atoms with Crippen LogP contribution < -0.4 is 0 Å². The molecule has 0 N–H and O–H groups in total. The molecule has 7 nitrogen and oxygen atoms in total. The van der Waals surface area contributed by atoms with Crippen molar-refractivity contribution in [1.82, 2.24) is 0 Å². The van der Waals surface area contributed by atoms with Gasteiger partial charge in [-0.05, 0) is 19.8 Å². The van der Waals surface area contributed by atoms with E-state index in [0.29, 0.717) is 12.8 Å². The minimum absolute atomic E-state index is 0.277. The fourth-order valence-electron chi connectivity index (χ4n) is 0.818. The Morgan fingerprint density at radius 2 is 1.12 bits per heavy atom. The number of rotatable bonds is 7. The van der Waals surface area contributed by atoms with Crippen LogP contribution in [0.15, 0.2) is 25.3 Å². The summed E-state index contributed by atoms with van der Waals surface area (Å²) in [6, 6.07) is 0. The Hall–Kier alpha value is -1.75. The first-order valence-electron chi connectivity index (χ1n) is 7.55. The molecule has 0 atom stereocenters. The van der Waals surface area contributed by atoms with E-state index in [0.717, 1.165) is 35.4 Å². The minimum atomic E-state index is -0.682. The van der Waals surface area contributed by atoms with Gasteiger partial charge < -0.3 is 13.3 Å². The molecule has 0 bridgehead atoms. The van der Waals surface area contributed by atoms with Crippen molar-refractivity contribution in [2.24, 2.45) is 0 Å². The molecule has 0 aromatic heterocycles. The molecule has 0 aliphatic carbocycles. The number of hydrogen-bond donors (Lipinski definition) is 0. The molecular formula is C16H27AlO7. The molecular weight excluding hydrogens is 331 g/mol. The molecule has 0 aromatic rings. The van der Waals surface area contributed by atoms with Crippen LogP contribution >= 0.6 is 0 Å². The van der Waals surface area contributed by atoms with E-state index in [9.17, 15) is 19.2 Å². The molecule has 8 heteroatoms. The fraction of sp³-hybridized carbons (Fsp3) is 0.500. The fourth-order valence-corrected chi connectivity index (χ4v) is 0.818. The van der Waals surface area contributed by atoms with Gasteiger partial charge in [0, 0.05) is 31.6 Å². The number of carbonyl (C=O) groups is 4. The first-order valence-corrected chi connectivity index (χ1v) is 8.37. The lowest BCUT2D eigenvalue weighted by molar-refractivity contribution is -0.158. The molecule has 0 aliphatic heterocycles. The van der Waals surface area contributed by atoms with E-state index in [1.54, 1.807) is 0 Å². The quantitative estimate of drug-likeness (QED) is 0.295. The SMILES string of the molecule is C=CC(=O)OC(=O)CCC.C=CC(=O)OC(=O)CCC.CC[O][AlH2]. The van der Waals surface area contributed by atoms with Gasteiger partial charge >= 0.3 is 40.5 Å². The first kappa shape index (κ1) is 27.1. The largest absolute Gasteiger partial charge is 0.506 e. The van der Waals surface area contributed by atoms with Crippen molar-refractivity contribution in [3.8, 4) is 0 Å². The summed E-state index contributed by atoms with van der Waals surface area (Å²) in [5.74, 6) is -2.35. The Kier molecular flexibility index (Phi) is 24.0.